The van der Waals surface area contributed by atoms with Crippen molar-refractivity contribution in [3.63, 3.8) is 0 Å². The molecule has 2 aromatic carbocycles. The SMILES string of the molecule is CC[C@@H](C)NCc1nc2ccc(Oc3ccc(/C(N)=C/C=N)cc3)cc2[nH]1. The van der Waals surface area contributed by atoms with E-state index in [0.717, 1.165) is 40.3 Å². The molecule has 27 heavy (non-hydrogen) atoms. The standard InChI is InChI=1S/C21H25N5O/c1-3-14(2)24-13-21-25-19-9-8-17(12-20(19)26-21)27-16-6-4-15(5-7-16)18(23)10-11-22/h4-12,14,22,24H,3,13,23H2,1-2H3,(H,25,26)/b18-10-,22-11?/t14-/m1/s1. The fourth-order valence-corrected chi connectivity index (χ4v) is 2.64. The summed E-state index contributed by atoms with van der Waals surface area (Å²) in [5.74, 6) is 2.38. The summed E-state index contributed by atoms with van der Waals surface area (Å²) in [4.78, 5) is 7.94. The van der Waals surface area contributed by atoms with Crippen LogP contribution in [-0.4, -0.2) is 22.2 Å². The van der Waals surface area contributed by atoms with Gasteiger partial charge >= 0.3 is 0 Å². The van der Waals surface area contributed by atoms with E-state index in [1.807, 2.05) is 42.5 Å². The fraction of sp³-hybridized carbons (Fsp3) is 0.238. The summed E-state index contributed by atoms with van der Waals surface area (Å²) >= 11 is 0. The lowest BCUT2D eigenvalue weighted by molar-refractivity contribution is 0.483. The third kappa shape index (κ3) is 4.74. The number of hydrogen-bond donors (Lipinski definition) is 4. The lowest BCUT2D eigenvalue weighted by atomic mass is 10.1. The molecule has 1 heterocycles. The summed E-state index contributed by atoms with van der Waals surface area (Å²) in [6.45, 7) is 5.03. The van der Waals surface area contributed by atoms with Gasteiger partial charge < -0.3 is 26.2 Å². The molecule has 5 N–H and O–H groups in total. The Morgan fingerprint density at radius 2 is 2.00 bits per heavy atom. The number of rotatable bonds is 8. The molecule has 6 heteroatoms. The molecule has 0 unspecified atom stereocenters. The average molecular weight is 363 g/mol. The van der Waals surface area contributed by atoms with Crippen LogP contribution in [0.15, 0.2) is 48.5 Å². The number of H-pyrrole nitrogens is 1. The monoisotopic (exact) mass is 363 g/mol. The Bertz CT molecular complexity index is 943. The molecule has 0 aliphatic heterocycles. The van der Waals surface area contributed by atoms with Gasteiger partial charge in [0.25, 0.3) is 0 Å². The van der Waals surface area contributed by atoms with E-state index in [1.54, 1.807) is 6.08 Å². The molecule has 0 saturated carbocycles. The van der Waals surface area contributed by atoms with E-state index < -0.39 is 0 Å². The quantitative estimate of drug-likeness (QED) is 0.451. The third-order valence-corrected chi connectivity index (χ3v) is 4.42. The van der Waals surface area contributed by atoms with Crippen LogP contribution in [0.5, 0.6) is 11.5 Å². The van der Waals surface area contributed by atoms with Gasteiger partial charge in [0.05, 0.1) is 17.6 Å². The molecule has 3 aromatic rings. The van der Waals surface area contributed by atoms with E-state index in [-0.39, 0.29) is 0 Å². The van der Waals surface area contributed by atoms with E-state index in [2.05, 4.69) is 29.1 Å². The topological polar surface area (TPSA) is 99.8 Å². The molecular formula is C21H25N5O. The first kappa shape index (κ1) is 18.7. The van der Waals surface area contributed by atoms with Gasteiger partial charge in [-0.1, -0.05) is 6.92 Å². The second-order valence-electron chi connectivity index (χ2n) is 6.47. The lowest BCUT2D eigenvalue weighted by Gasteiger charge is -2.08. The number of aromatic amines is 1. The lowest BCUT2D eigenvalue weighted by Crippen LogP contribution is -2.24. The molecule has 0 spiro atoms. The number of imidazole rings is 1. The highest BCUT2D eigenvalue weighted by atomic mass is 16.5. The van der Waals surface area contributed by atoms with E-state index in [1.165, 1.54) is 6.21 Å². The van der Waals surface area contributed by atoms with Crippen LogP contribution >= 0.6 is 0 Å². The summed E-state index contributed by atoms with van der Waals surface area (Å²) in [5.41, 5.74) is 9.15. The Morgan fingerprint density at radius 3 is 2.70 bits per heavy atom. The van der Waals surface area contributed by atoms with E-state index in [4.69, 9.17) is 15.9 Å². The van der Waals surface area contributed by atoms with Gasteiger partial charge in [0.1, 0.15) is 17.3 Å². The normalized spacial score (nSPS) is 12.9. The Hall–Kier alpha value is -3.12. The number of nitrogens with two attached hydrogens (primary N) is 1. The minimum Gasteiger partial charge on any atom is -0.457 e. The highest BCUT2D eigenvalue weighted by molar-refractivity contribution is 5.81. The highest BCUT2D eigenvalue weighted by Gasteiger charge is 2.07. The smallest absolute Gasteiger partial charge is 0.129 e. The largest absolute Gasteiger partial charge is 0.457 e. The van der Waals surface area contributed by atoms with E-state index in [9.17, 15) is 0 Å². The Morgan fingerprint density at radius 1 is 1.26 bits per heavy atom. The molecule has 0 radical (unpaired) electrons. The summed E-state index contributed by atoms with van der Waals surface area (Å²) < 4.78 is 5.94. The molecule has 140 valence electrons. The molecule has 3 rings (SSSR count). The van der Waals surface area contributed by atoms with Gasteiger partial charge in [0, 0.05) is 24.0 Å². The van der Waals surface area contributed by atoms with Gasteiger partial charge in [0.15, 0.2) is 0 Å². The van der Waals surface area contributed by atoms with Crippen LogP contribution in [0.4, 0.5) is 0 Å². The number of ether oxygens (including phenoxy) is 1. The Labute approximate surface area is 159 Å². The summed E-state index contributed by atoms with van der Waals surface area (Å²) in [7, 11) is 0. The molecule has 0 bridgehead atoms. The van der Waals surface area contributed by atoms with Crippen molar-refractivity contribution in [3.05, 3.63) is 59.9 Å². The van der Waals surface area contributed by atoms with Crippen LogP contribution in [0.3, 0.4) is 0 Å². The predicted octanol–water partition coefficient (Wildman–Crippen LogP) is 4.19. The number of fused-ring (bicyclic) bond motifs is 1. The van der Waals surface area contributed by atoms with Crippen molar-refractivity contribution in [1.82, 2.24) is 15.3 Å². The van der Waals surface area contributed by atoms with Crippen LogP contribution in [0, 0.1) is 5.41 Å². The van der Waals surface area contributed by atoms with Gasteiger partial charge in [-0.25, -0.2) is 4.98 Å². The summed E-state index contributed by atoms with van der Waals surface area (Å²) in [6.07, 6.45) is 3.81. The van der Waals surface area contributed by atoms with Gasteiger partial charge in [-0.15, -0.1) is 0 Å². The maximum Gasteiger partial charge on any atom is 0.129 e. The van der Waals surface area contributed by atoms with Crippen molar-refractivity contribution in [1.29, 1.82) is 5.41 Å². The first-order chi connectivity index (χ1) is 13.1. The zero-order chi connectivity index (χ0) is 19.2. The van der Waals surface area contributed by atoms with Gasteiger partial charge in [-0.2, -0.15) is 0 Å². The zero-order valence-corrected chi connectivity index (χ0v) is 15.6. The van der Waals surface area contributed by atoms with Crippen molar-refractivity contribution >= 4 is 22.9 Å². The van der Waals surface area contributed by atoms with Crippen molar-refractivity contribution in [2.45, 2.75) is 32.9 Å². The maximum atomic E-state index is 7.08. The second kappa shape index (κ2) is 8.51. The number of hydrogen-bond acceptors (Lipinski definition) is 5. The molecule has 6 nitrogen and oxygen atoms in total. The van der Waals surface area contributed by atoms with Gasteiger partial charge in [-0.05, 0) is 61.4 Å². The van der Waals surface area contributed by atoms with E-state index >= 15 is 0 Å². The number of allylic oxidation sites excluding steroid dienone is 1. The number of nitrogens with one attached hydrogen (secondary N) is 3. The first-order valence-corrected chi connectivity index (χ1v) is 9.05. The predicted molar refractivity (Wildman–Crippen MR) is 110 cm³/mol. The molecule has 1 atom stereocenters. The van der Waals surface area contributed by atoms with Crippen LogP contribution in [0.2, 0.25) is 0 Å². The van der Waals surface area contributed by atoms with Crippen molar-refractivity contribution in [2.75, 3.05) is 0 Å². The fourth-order valence-electron chi connectivity index (χ4n) is 2.64. The summed E-state index contributed by atoms with van der Waals surface area (Å²) in [6, 6.07) is 13.7. The van der Waals surface area contributed by atoms with Crippen LogP contribution in [-0.2, 0) is 6.54 Å². The van der Waals surface area contributed by atoms with Gasteiger partial charge in [-0.3, -0.25) is 0 Å². The number of nitrogens with zero attached hydrogens (tertiary/aromatic N) is 1. The van der Waals surface area contributed by atoms with Crippen LogP contribution < -0.4 is 15.8 Å². The van der Waals surface area contributed by atoms with E-state index in [0.29, 0.717) is 18.3 Å². The number of benzene rings is 2. The van der Waals surface area contributed by atoms with Crippen LogP contribution in [0.25, 0.3) is 16.7 Å². The minimum absolute atomic E-state index is 0.461. The van der Waals surface area contributed by atoms with Crippen molar-refractivity contribution in [3.8, 4) is 11.5 Å². The second-order valence-corrected chi connectivity index (χ2v) is 6.47. The molecular weight excluding hydrogens is 338 g/mol. The Balaban J connectivity index is 1.71. The minimum atomic E-state index is 0.461. The average Bonchev–Trinajstić information content (AvgIpc) is 3.09. The molecule has 0 aliphatic rings. The summed E-state index contributed by atoms with van der Waals surface area (Å²) in [5, 5.41) is 10.5. The van der Waals surface area contributed by atoms with Crippen LogP contribution in [0.1, 0.15) is 31.7 Å². The van der Waals surface area contributed by atoms with Gasteiger partial charge in [0.2, 0.25) is 0 Å². The van der Waals surface area contributed by atoms with Crippen molar-refractivity contribution in [2.24, 2.45) is 5.73 Å². The number of aromatic nitrogens is 2. The first-order valence-electron chi connectivity index (χ1n) is 9.05. The zero-order valence-electron chi connectivity index (χ0n) is 15.6. The highest BCUT2D eigenvalue weighted by Crippen LogP contribution is 2.25. The molecule has 0 aliphatic carbocycles. The molecule has 0 fully saturated rings. The molecule has 1 aromatic heterocycles. The third-order valence-electron chi connectivity index (χ3n) is 4.42. The van der Waals surface area contributed by atoms with Crippen molar-refractivity contribution < 1.29 is 4.74 Å². The molecule has 0 saturated heterocycles. The maximum absolute atomic E-state index is 7.08. The molecule has 0 amide bonds. The Kier molecular flexibility index (Phi) is 5.88.